The highest BCUT2D eigenvalue weighted by Crippen LogP contribution is 2.37. The molecule has 5 heteroatoms. The van der Waals surface area contributed by atoms with Gasteiger partial charge in [-0.15, -0.1) is 0 Å². The normalized spacial score (nSPS) is 24.2. The van der Waals surface area contributed by atoms with Crippen LogP contribution in [0.4, 0.5) is 0 Å². The zero-order valence-electron chi connectivity index (χ0n) is 12.3. The first-order valence-corrected chi connectivity index (χ1v) is 7.81. The average molecular weight is 282 g/mol. The number of carboxylic acids is 1. The first-order valence-electron chi connectivity index (χ1n) is 7.81. The van der Waals surface area contributed by atoms with Crippen molar-refractivity contribution in [3.8, 4) is 0 Å². The zero-order valence-corrected chi connectivity index (χ0v) is 12.3. The highest BCUT2D eigenvalue weighted by molar-refractivity contribution is 5.90. The van der Waals surface area contributed by atoms with Crippen molar-refractivity contribution in [2.45, 2.75) is 63.8 Å². The van der Waals surface area contributed by atoms with Crippen LogP contribution in [0.5, 0.6) is 0 Å². The monoisotopic (exact) mass is 282 g/mol. The van der Waals surface area contributed by atoms with Gasteiger partial charge in [-0.3, -0.25) is 4.79 Å². The summed E-state index contributed by atoms with van der Waals surface area (Å²) in [7, 11) is 0. The minimum absolute atomic E-state index is 0.0369. The number of carbonyl (C=O) groups excluding carboxylic acids is 1. The summed E-state index contributed by atoms with van der Waals surface area (Å²) in [5.41, 5.74) is -1.38. The van der Waals surface area contributed by atoms with Gasteiger partial charge in [-0.05, 0) is 45.2 Å². The van der Waals surface area contributed by atoms with Gasteiger partial charge in [0.1, 0.15) is 5.54 Å². The van der Waals surface area contributed by atoms with Crippen LogP contribution >= 0.6 is 0 Å². The third kappa shape index (κ3) is 2.82. The molecular formula is C15H26N2O3. The van der Waals surface area contributed by atoms with Crippen LogP contribution in [0.15, 0.2) is 0 Å². The average Bonchev–Trinajstić information content (AvgIpc) is 2.90. The van der Waals surface area contributed by atoms with Gasteiger partial charge in [0, 0.05) is 0 Å². The zero-order chi connectivity index (χ0) is 14.6. The van der Waals surface area contributed by atoms with E-state index >= 15 is 0 Å². The fourth-order valence-corrected chi connectivity index (χ4v) is 3.70. The lowest BCUT2D eigenvalue weighted by molar-refractivity contribution is -0.150. The fourth-order valence-electron chi connectivity index (χ4n) is 3.70. The quantitative estimate of drug-likeness (QED) is 0.717. The number of piperidine rings is 1. The lowest BCUT2D eigenvalue weighted by Crippen LogP contribution is -2.58. The second-order valence-corrected chi connectivity index (χ2v) is 6.33. The van der Waals surface area contributed by atoms with Crippen LogP contribution in [0.1, 0.15) is 58.3 Å². The van der Waals surface area contributed by atoms with E-state index < -0.39 is 11.5 Å². The molecule has 2 rings (SSSR count). The maximum absolute atomic E-state index is 12.8. The summed E-state index contributed by atoms with van der Waals surface area (Å²) in [5, 5.41) is 15.7. The number of nitrogens with one attached hydrogen (secondary N) is 2. The molecule has 114 valence electrons. The molecule has 0 atom stereocenters. The molecule has 0 spiro atoms. The Hall–Kier alpha value is -1.10. The summed E-state index contributed by atoms with van der Waals surface area (Å²) in [6.07, 6.45) is 6.31. The van der Waals surface area contributed by atoms with Crippen LogP contribution in [0.25, 0.3) is 0 Å². The number of rotatable bonds is 5. The molecule has 1 saturated carbocycles. The fraction of sp³-hybridized carbons (Fsp3) is 0.867. The molecular weight excluding hydrogens is 256 g/mol. The van der Waals surface area contributed by atoms with Gasteiger partial charge >= 0.3 is 5.97 Å². The van der Waals surface area contributed by atoms with E-state index in [0.29, 0.717) is 12.8 Å². The minimum atomic E-state index is -1.01. The van der Waals surface area contributed by atoms with Crippen molar-refractivity contribution in [2.75, 3.05) is 13.1 Å². The molecule has 0 aromatic heterocycles. The molecule has 3 N–H and O–H groups in total. The Morgan fingerprint density at radius 1 is 1.15 bits per heavy atom. The van der Waals surface area contributed by atoms with Crippen molar-refractivity contribution in [3.63, 3.8) is 0 Å². The van der Waals surface area contributed by atoms with Gasteiger partial charge in [0.25, 0.3) is 0 Å². The van der Waals surface area contributed by atoms with Crippen molar-refractivity contribution in [1.82, 2.24) is 10.6 Å². The van der Waals surface area contributed by atoms with E-state index in [1.807, 2.05) is 0 Å². The van der Waals surface area contributed by atoms with Gasteiger partial charge in [-0.25, -0.2) is 4.79 Å². The lowest BCUT2D eigenvalue weighted by Gasteiger charge is -2.39. The summed E-state index contributed by atoms with van der Waals surface area (Å²) in [5.74, 6) is -0.908. The molecule has 1 aliphatic heterocycles. The van der Waals surface area contributed by atoms with Gasteiger partial charge in [0.15, 0.2) is 0 Å². The SMILES string of the molecule is CCCC1(C(=O)NC2(C(=O)O)CCCC2)CCNCC1. The van der Waals surface area contributed by atoms with Gasteiger partial charge in [0.05, 0.1) is 5.41 Å². The molecule has 0 radical (unpaired) electrons. The Labute approximate surface area is 120 Å². The first-order chi connectivity index (χ1) is 9.55. The van der Waals surface area contributed by atoms with Crippen LogP contribution in [0.2, 0.25) is 0 Å². The predicted octanol–water partition coefficient (Wildman–Crippen LogP) is 1.67. The number of hydrogen-bond donors (Lipinski definition) is 3. The number of amides is 1. The van der Waals surface area contributed by atoms with E-state index in [2.05, 4.69) is 17.6 Å². The lowest BCUT2D eigenvalue weighted by atomic mass is 9.74. The molecule has 0 unspecified atom stereocenters. The Balaban J connectivity index is 2.13. The number of carbonyl (C=O) groups is 2. The van der Waals surface area contributed by atoms with E-state index in [0.717, 1.165) is 51.6 Å². The smallest absolute Gasteiger partial charge is 0.329 e. The van der Waals surface area contributed by atoms with Crippen LogP contribution in [0.3, 0.4) is 0 Å². The van der Waals surface area contributed by atoms with E-state index in [9.17, 15) is 14.7 Å². The molecule has 20 heavy (non-hydrogen) atoms. The molecule has 0 aromatic carbocycles. The standard InChI is InChI=1S/C15H26N2O3/c1-2-5-14(8-10-16-11-9-14)12(18)17-15(13(19)20)6-3-4-7-15/h16H,2-11H2,1H3,(H,17,18)(H,19,20). The highest BCUT2D eigenvalue weighted by Gasteiger charge is 2.47. The van der Waals surface area contributed by atoms with Crippen molar-refractivity contribution in [2.24, 2.45) is 5.41 Å². The minimum Gasteiger partial charge on any atom is -0.480 e. The highest BCUT2D eigenvalue weighted by atomic mass is 16.4. The summed E-state index contributed by atoms with van der Waals surface area (Å²) in [4.78, 5) is 24.4. The molecule has 2 aliphatic rings. The number of hydrogen-bond acceptors (Lipinski definition) is 3. The van der Waals surface area contributed by atoms with E-state index in [-0.39, 0.29) is 11.3 Å². The third-order valence-electron chi connectivity index (χ3n) is 4.99. The molecule has 5 nitrogen and oxygen atoms in total. The maximum atomic E-state index is 12.8. The third-order valence-corrected chi connectivity index (χ3v) is 4.99. The molecule has 0 bridgehead atoms. The van der Waals surface area contributed by atoms with E-state index in [1.54, 1.807) is 0 Å². The van der Waals surface area contributed by atoms with Gasteiger partial charge < -0.3 is 15.7 Å². The Kier molecular flexibility index (Phi) is 4.68. The van der Waals surface area contributed by atoms with Crippen molar-refractivity contribution < 1.29 is 14.7 Å². The Morgan fingerprint density at radius 3 is 2.25 bits per heavy atom. The maximum Gasteiger partial charge on any atom is 0.329 e. The Morgan fingerprint density at radius 2 is 1.75 bits per heavy atom. The Bertz CT molecular complexity index is 364. The molecule has 1 saturated heterocycles. The summed E-state index contributed by atoms with van der Waals surface area (Å²) < 4.78 is 0. The van der Waals surface area contributed by atoms with Gasteiger partial charge in [-0.1, -0.05) is 26.2 Å². The second-order valence-electron chi connectivity index (χ2n) is 6.33. The van der Waals surface area contributed by atoms with Gasteiger partial charge in [0.2, 0.25) is 5.91 Å². The molecule has 2 fully saturated rings. The molecule has 1 amide bonds. The van der Waals surface area contributed by atoms with Crippen molar-refractivity contribution >= 4 is 11.9 Å². The van der Waals surface area contributed by atoms with Crippen LogP contribution < -0.4 is 10.6 Å². The molecule has 1 aliphatic carbocycles. The van der Waals surface area contributed by atoms with E-state index in [4.69, 9.17) is 0 Å². The van der Waals surface area contributed by atoms with Crippen molar-refractivity contribution in [1.29, 1.82) is 0 Å². The predicted molar refractivity (Wildman–Crippen MR) is 76.4 cm³/mol. The summed E-state index contributed by atoms with van der Waals surface area (Å²) in [6.45, 7) is 3.76. The largest absolute Gasteiger partial charge is 0.480 e. The van der Waals surface area contributed by atoms with Crippen molar-refractivity contribution in [3.05, 3.63) is 0 Å². The van der Waals surface area contributed by atoms with Crippen LogP contribution in [0, 0.1) is 5.41 Å². The summed E-state index contributed by atoms with van der Waals surface area (Å²) >= 11 is 0. The molecule has 0 aromatic rings. The number of aliphatic carboxylic acids is 1. The topological polar surface area (TPSA) is 78.4 Å². The van der Waals surface area contributed by atoms with Crippen LogP contribution in [-0.4, -0.2) is 35.6 Å². The van der Waals surface area contributed by atoms with Crippen LogP contribution in [-0.2, 0) is 9.59 Å². The van der Waals surface area contributed by atoms with E-state index in [1.165, 1.54) is 0 Å². The second kappa shape index (κ2) is 6.12. The first kappa shape index (κ1) is 15.3. The molecule has 1 heterocycles. The van der Waals surface area contributed by atoms with Gasteiger partial charge in [-0.2, -0.15) is 0 Å². The summed E-state index contributed by atoms with van der Waals surface area (Å²) in [6, 6.07) is 0. The number of carboxylic acid groups (broad SMARTS) is 1.